The number of halogens is 3. The first kappa shape index (κ1) is 15.6. The van der Waals surface area contributed by atoms with Crippen molar-refractivity contribution in [2.24, 2.45) is 0 Å². The molecule has 0 heterocycles. The minimum absolute atomic E-state index is 0.147. The van der Waals surface area contributed by atoms with Gasteiger partial charge in [-0.05, 0) is 56.1 Å². The number of hydrogen-bond donors (Lipinski definition) is 1. The van der Waals surface area contributed by atoms with Crippen molar-refractivity contribution in [3.63, 3.8) is 0 Å². The smallest absolute Gasteiger partial charge is 0.271 e. The number of amides is 1. The van der Waals surface area contributed by atoms with Gasteiger partial charge in [-0.1, -0.05) is 0 Å². The number of nitro benzene ring substituents is 1. The van der Waals surface area contributed by atoms with Gasteiger partial charge < -0.3 is 5.32 Å². The Morgan fingerprint density at radius 3 is 2.48 bits per heavy atom. The molecule has 8 heteroatoms. The number of nitrogens with one attached hydrogen (secondary N) is 1. The van der Waals surface area contributed by atoms with E-state index in [1.807, 2.05) is 0 Å². The zero-order valence-corrected chi connectivity index (χ0v) is 13.4. The lowest BCUT2D eigenvalue weighted by atomic mass is 10.2. The van der Waals surface area contributed by atoms with Gasteiger partial charge in [0.1, 0.15) is 5.82 Å². The van der Waals surface area contributed by atoms with E-state index in [1.54, 1.807) is 0 Å². The summed E-state index contributed by atoms with van der Waals surface area (Å²) in [6.45, 7) is 0. The van der Waals surface area contributed by atoms with Gasteiger partial charge in [-0.25, -0.2) is 4.39 Å². The van der Waals surface area contributed by atoms with Crippen LogP contribution in [0.1, 0.15) is 10.4 Å². The molecule has 0 unspecified atom stereocenters. The lowest BCUT2D eigenvalue weighted by Gasteiger charge is -2.08. The number of rotatable bonds is 3. The molecule has 1 amide bonds. The Morgan fingerprint density at radius 2 is 1.86 bits per heavy atom. The Balaban J connectivity index is 2.31. The fraction of sp³-hybridized carbons (Fsp3) is 0. The van der Waals surface area contributed by atoms with Gasteiger partial charge in [0.15, 0.2) is 0 Å². The van der Waals surface area contributed by atoms with Crippen LogP contribution >= 0.6 is 31.9 Å². The zero-order chi connectivity index (χ0) is 15.6. The van der Waals surface area contributed by atoms with E-state index in [4.69, 9.17) is 0 Å². The molecular formula is C13H7Br2FN2O3. The van der Waals surface area contributed by atoms with Gasteiger partial charge >= 0.3 is 0 Å². The fourth-order valence-corrected chi connectivity index (χ4v) is 2.46. The maximum atomic E-state index is 13.0. The van der Waals surface area contributed by atoms with E-state index in [-0.39, 0.29) is 16.9 Å². The molecule has 2 aromatic rings. The third-order valence-electron chi connectivity index (χ3n) is 2.58. The van der Waals surface area contributed by atoms with Crippen molar-refractivity contribution in [1.82, 2.24) is 0 Å². The lowest BCUT2D eigenvalue weighted by molar-refractivity contribution is -0.384. The normalized spacial score (nSPS) is 10.2. The van der Waals surface area contributed by atoms with Crippen LogP contribution in [-0.4, -0.2) is 10.8 Å². The number of non-ortho nitro benzene ring substituents is 1. The highest BCUT2D eigenvalue weighted by Gasteiger charge is 2.15. The van der Waals surface area contributed by atoms with Crippen LogP contribution in [0.5, 0.6) is 0 Å². The number of carbonyl (C=O) groups excluding carboxylic acids is 1. The summed E-state index contributed by atoms with van der Waals surface area (Å²) in [6.07, 6.45) is 0. The standard InChI is InChI=1S/C13H7Br2FN2O3/c14-10-4-2-8(18(20)21)6-12(10)17-13(19)9-3-1-7(16)5-11(9)15/h1-6H,(H,17,19). The highest BCUT2D eigenvalue weighted by Crippen LogP contribution is 2.28. The maximum absolute atomic E-state index is 13.0. The summed E-state index contributed by atoms with van der Waals surface area (Å²) in [6, 6.07) is 7.65. The molecule has 0 radical (unpaired) electrons. The first-order valence-corrected chi connectivity index (χ1v) is 7.17. The maximum Gasteiger partial charge on any atom is 0.271 e. The van der Waals surface area contributed by atoms with E-state index in [0.29, 0.717) is 8.95 Å². The van der Waals surface area contributed by atoms with Crippen LogP contribution in [0.15, 0.2) is 45.3 Å². The molecule has 2 rings (SSSR count). The lowest BCUT2D eigenvalue weighted by Crippen LogP contribution is -2.13. The van der Waals surface area contributed by atoms with Gasteiger partial charge in [0.05, 0.1) is 16.2 Å². The van der Waals surface area contributed by atoms with Gasteiger partial charge in [-0.3, -0.25) is 14.9 Å². The van der Waals surface area contributed by atoms with E-state index in [2.05, 4.69) is 37.2 Å². The van der Waals surface area contributed by atoms with E-state index in [0.717, 1.165) is 12.1 Å². The van der Waals surface area contributed by atoms with Crippen LogP contribution in [0.2, 0.25) is 0 Å². The summed E-state index contributed by atoms with van der Waals surface area (Å²) in [5, 5.41) is 13.3. The Hall–Kier alpha value is -1.80. The average Bonchev–Trinajstić information content (AvgIpc) is 2.40. The van der Waals surface area contributed by atoms with Crippen LogP contribution < -0.4 is 5.32 Å². The molecule has 0 aliphatic carbocycles. The zero-order valence-electron chi connectivity index (χ0n) is 10.3. The molecule has 0 saturated heterocycles. The second-order valence-corrected chi connectivity index (χ2v) is 5.71. The quantitative estimate of drug-likeness (QED) is 0.589. The van der Waals surface area contributed by atoms with Gasteiger partial charge in [-0.15, -0.1) is 0 Å². The number of carbonyl (C=O) groups is 1. The van der Waals surface area contributed by atoms with Crippen molar-refractivity contribution < 1.29 is 14.1 Å². The van der Waals surface area contributed by atoms with Crippen LogP contribution in [-0.2, 0) is 0 Å². The van der Waals surface area contributed by atoms with Gasteiger partial charge in [0, 0.05) is 21.1 Å². The largest absolute Gasteiger partial charge is 0.321 e. The monoisotopic (exact) mass is 416 g/mol. The molecule has 0 atom stereocenters. The number of nitro groups is 1. The molecule has 0 aliphatic rings. The van der Waals surface area contributed by atoms with Crippen LogP contribution in [0.3, 0.4) is 0 Å². The van der Waals surface area contributed by atoms with Gasteiger partial charge in [-0.2, -0.15) is 0 Å². The highest BCUT2D eigenvalue weighted by molar-refractivity contribution is 9.11. The highest BCUT2D eigenvalue weighted by atomic mass is 79.9. The van der Waals surface area contributed by atoms with E-state index < -0.39 is 16.6 Å². The van der Waals surface area contributed by atoms with Crippen molar-refractivity contribution in [2.75, 3.05) is 5.32 Å². The summed E-state index contributed by atoms with van der Waals surface area (Å²) in [5.41, 5.74) is 0.326. The van der Waals surface area contributed by atoms with E-state index in [1.165, 1.54) is 24.3 Å². The summed E-state index contributed by atoms with van der Waals surface area (Å²) < 4.78 is 13.8. The first-order chi connectivity index (χ1) is 9.88. The molecular weight excluding hydrogens is 411 g/mol. The Bertz CT molecular complexity index is 737. The van der Waals surface area contributed by atoms with Crippen molar-refractivity contribution in [3.8, 4) is 0 Å². The Kier molecular flexibility index (Phi) is 4.69. The summed E-state index contributed by atoms with van der Waals surface area (Å²) in [4.78, 5) is 22.3. The Labute approximate surface area is 135 Å². The second kappa shape index (κ2) is 6.31. The predicted octanol–water partition coefficient (Wildman–Crippen LogP) is 4.51. The number of nitrogens with zero attached hydrogens (tertiary/aromatic N) is 1. The molecule has 21 heavy (non-hydrogen) atoms. The second-order valence-electron chi connectivity index (χ2n) is 4.00. The number of hydrogen-bond acceptors (Lipinski definition) is 3. The average molecular weight is 418 g/mol. The summed E-state index contributed by atoms with van der Waals surface area (Å²) in [7, 11) is 0. The molecule has 0 aromatic heterocycles. The van der Waals surface area contributed by atoms with Crippen LogP contribution in [0.25, 0.3) is 0 Å². The molecule has 0 saturated carbocycles. The van der Waals surface area contributed by atoms with E-state index in [9.17, 15) is 19.3 Å². The van der Waals surface area contributed by atoms with Crippen molar-refractivity contribution in [1.29, 1.82) is 0 Å². The third kappa shape index (κ3) is 3.64. The summed E-state index contributed by atoms with van der Waals surface area (Å²) in [5.74, 6) is -0.988. The minimum Gasteiger partial charge on any atom is -0.321 e. The van der Waals surface area contributed by atoms with Crippen molar-refractivity contribution in [3.05, 3.63) is 66.8 Å². The first-order valence-electron chi connectivity index (χ1n) is 5.59. The topological polar surface area (TPSA) is 72.2 Å². The predicted molar refractivity (Wildman–Crippen MR) is 82.8 cm³/mol. The molecule has 108 valence electrons. The van der Waals surface area contributed by atoms with Crippen molar-refractivity contribution in [2.45, 2.75) is 0 Å². The van der Waals surface area contributed by atoms with Crippen LogP contribution in [0, 0.1) is 15.9 Å². The molecule has 1 N–H and O–H groups in total. The van der Waals surface area contributed by atoms with Gasteiger partial charge in [0.25, 0.3) is 11.6 Å². The minimum atomic E-state index is -0.560. The van der Waals surface area contributed by atoms with E-state index >= 15 is 0 Å². The Morgan fingerprint density at radius 1 is 1.14 bits per heavy atom. The molecule has 0 bridgehead atoms. The van der Waals surface area contributed by atoms with Crippen molar-refractivity contribution >= 4 is 49.1 Å². The third-order valence-corrected chi connectivity index (χ3v) is 3.93. The van der Waals surface area contributed by atoms with Crippen LogP contribution in [0.4, 0.5) is 15.8 Å². The molecule has 2 aromatic carbocycles. The number of benzene rings is 2. The fourth-order valence-electron chi connectivity index (χ4n) is 1.59. The molecule has 0 aliphatic heterocycles. The molecule has 0 fully saturated rings. The number of anilines is 1. The molecule has 5 nitrogen and oxygen atoms in total. The molecule has 0 spiro atoms. The van der Waals surface area contributed by atoms with Gasteiger partial charge in [0.2, 0.25) is 0 Å². The summed E-state index contributed by atoms with van der Waals surface area (Å²) >= 11 is 6.30. The SMILES string of the molecule is O=C(Nc1cc([N+](=O)[O-])ccc1Br)c1ccc(F)cc1Br.